The molecule has 76 heavy (non-hydrogen) atoms. The van der Waals surface area contributed by atoms with Gasteiger partial charge in [-0.05, 0) is 141 Å². The molecular weight excluding hydrogens is 933 g/mol. The Kier molecular flexibility index (Phi) is 59.6. The Morgan fingerprint density at radius 1 is 0.303 bits per heavy atom. The van der Waals surface area contributed by atoms with Gasteiger partial charge in [0.2, 0.25) is 0 Å². The number of hydrogen-bond donors (Lipinski definition) is 1. The van der Waals surface area contributed by atoms with Crippen LogP contribution in [0, 0.1) is 0 Å². The molecular formula is C71H108O5. The molecule has 1 N–H and O–H groups in total. The summed E-state index contributed by atoms with van der Waals surface area (Å²) in [7, 11) is 0. The molecule has 0 saturated heterocycles. The molecule has 0 spiro atoms. The van der Waals surface area contributed by atoms with Crippen LogP contribution in [0.15, 0.2) is 194 Å². The number of hydrogen-bond acceptors (Lipinski definition) is 5. The van der Waals surface area contributed by atoms with Crippen LogP contribution in [0.4, 0.5) is 0 Å². The highest BCUT2D eigenvalue weighted by Gasteiger charge is 2.16. The molecule has 0 aliphatic rings. The van der Waals surface area contributed by atoms with Gasteiger partial charge in [-0.1, -0.05) is 260 Å². The molecule has 0 aliphatic heterocycles. The second kappa shape index (κ2) is 64.0. The van der Waals surface area contributed by atoms with Crippen molar-refractivity contribution in [3.05, 3.63) is 194 Å². The fraction of sp³-hybridized carbons (Fsp3) is 0.521. The van der Waals surface area contributed by atoms with Crippen molar-refractivity contribution < 1.29 is 24.2 Å². The van der Waals surface area contributed by atoms with E-state index in [9.17, 15) is 14.7 Å². The first-order valence-corrected chi connectivity index (χ1v) is 30.0. The van der Waals surface area contributed by atoms with Gasteiger partial charge >= 0.3 is 11.9 Å². The van der Waals surface area contributed by atoms with Crippen molar-refractivity contribution in [2.24, 2.45) is 0 Å². The number of rotatable bonds is 52. The van der Waals surface area contributed by atoms with Gasteiger partial charge in [-0.15, -0.1) is 0 Å². The average Bonchev–Trinajstić information content (AvgIpc) is 3.42. The lowest BCUT2D eigenvalue weighted by Gasteiger charge is -2.15. The van der Waals surface area contributed by atoms with E-state index in [0.717, 1.165) is 161 Å². The van der Waals surface area contributed by atoms with E-state index in [1.807, 2.05) is 0 Å². The number of carbonyl (C=O) groups excluding carboxylic acids is 2. The molecule has 0 heterocycles. The molecule has 0 bridgehead atoms. The van der Waals surface area contributed by atoms with Gasteiger partial charge in [-0.2, -0.15) is 0 Å². The standard InChI is InChI=1S/C71H108O5/c1-3-5-7-9-11-13-15-17-19-21-23-25-27-29-31-32-33-34-35-36-37-38-40-42-44-46-48-50-52-54-56-58-60-62-64-66-71(74)76-69(67-72)68-75-70(73)65-63-61-59-57-55-53-51-49-47-45-43-41-39-30-28-26-24-22-20-18-16-14-12-10-8-6-4-2/h5-8,11-14,17-20,23-26,29-31,33-34,36-37,39-40,42-43,45-46,48,52,54,69,72H,3-4,9-10,15-16,21-22,27-28,32,35,38,41,44,47,49-51,53,55-68H2,1-2H3/b7-5-,8-6-,13-11-,14-12-,19-17-,20-18-,25-23-,26-24-,31-29-,34-33-,37-36-,39-30-,42-40-,45-43-,48-46-,54-52-. The molecule has 1 unspecified atom stereocenters. The molecule has 0 amide bonds. The monoisotopic (exact) mass is 1040 g/mol. The molecule has 0 aliphatic carbocycles. The number of carbonyl (C=O) groups is 2. The van der Waals surface area contributed by atoms with Gasteiger partial charge in [-0.3, -0.25) is 9.59 Å². The summed E-state index contributed by atoms with van der Waals surface area (Å²) in [5.74, 6) is -0.645. The first-order valence-electron chi connectivity index (χ1n) is 30.0. The number of esters is 2. The van der Waals surface area contributed by atoms with Crippen molar-refractivity contribution in [2.45, 2.75) is 225 Å². The number of unbranched alkanes of at least 4 members (excludes halogenated alkanes) is 12. The fourth-order valence-electron chi connectivity index (χ4n) is 7.47. The maximum atomic E-state index is 12.3. The second-order valence-corrected chi connectivity index (χ2v) is 19.0. The van der Waals surface area contributed by atoms with E-state index in [4.69, 9.17) is 9.47 Å². The summed E-state index contributed by atoms with van der Waals surface area (Å²) >= 11 is 0. The van der Waals surface area contributed by atoms with Crippen molar-refractivity contribution in [1.29, 1.82) is 0 Å². The Morgan fingerprint density at radius 3 is 0.789 bits per heavy atom. The minimum atomic E-state index is -0.807. The Hall–Kier alpha value is -5.26. The van der Waals surface area contributed by atoms with Crippen LogP contribution in [-0.2, 0) is 19.1 Å². The van der Waals surface area contributed by atoms with E-state index in [0.29, 0.717) is 12.8 Å². The maximum absolute atomic E-state index is 12.3. The molecule has 422 valence electrons. The van der Waals surface area contributed by atoms with Crippen LogP contribution in [-0.4, -0.2) is 36.4 Å². The predicted octanol–water partition coefficient (Wildman–Crippen LogP) is 20.9. The van der Waals surface area contributed by atoms with Crippen LogP contribution in [0.2, 0.25) is 0 Å². The quantitative estimate of drug-likeness (QED) is 0.0373. The second-order valence-electron chi connectivity index (χ2n) is 19.0. The zero-order valence-electron chi connectivity index (χ0n) is 48.2. The van der Waals surface area contributed by atoms with Crippen LogP contribution in [0.1, 0.15) is 219 Å². The molecule has 5 nitrogen and oxygen atoms in total. The Balaban J connectivity index is 3.68. The third-order valence-corrected chi connectivity index (χ3v) is 11.9. The highest BCUT2D eigenvalue weighted by molar-refractivity contribution is 5.70. The van der Waals surface area contributed by atoms with Gasteiger partial charge in [-0.25, -0.2) is 0 Å². The third-order valence-electron chi connectivity index (χ3n) is 11.9. The van der Waals surface area contributed by atoms with Gasteiger partial charge in [0, 0.05) is 12.8 Å². The van der Waals surface area contributed by atoms with Crippen LogP contribution < -0.4 is 0 Å². The molecule has 0 radical (unpaired) electrons. The van der Waals surface area contributed by atoms with E-state index >= 15 is 0 Å². The molecule has 1 atom stereocenters. The first-order chi connectivity index (χ1) is 37.6. The summed E-state index contributed by atoms with van der Waals surface area (Å²) < 4.78 is 10.7. The van der Waals surface area contributed by atoms with Crippen LogP contribution in [0.5, 0.6) is 0 Å². The molecule has 0 aromatic carbocycles. The van der Waals surface area contributed by atoms with E-state index in [-0.39, 0.29) is 25.2 Å². The van der Waals surface area contributed by atoms with Gasteiger partial charge in [0.05, 0.1) is 6.61 Å². The number of ether oxygens (including phenoxy) is 2. The van der Waals surface area contributed by atoms with Gasteiger partial charge in [0.25, 0.3) is 0 Å². The summed E-state index contributed by atoms with van der Waals surface area (Å²) in [6.45, 7) is 3.87. The Bertz CT molecular complexity index is 1800. The molecule has 0 aromatic heterocycles. The zero-order chi connectivity index (χ0) is 54.8. The summed E-state index contributed by atoms with van der Waals surface area (Å²) in [6, 6.07) is 0. The predicted molar refractivity (Wildman–Crippen MR) is 333 cm³/mol. The van der Waals surface area contributed by atoms with E-state index < -0.39 is 6.10 Å². The topological polar surface area (TPSA) is 72.8 Å². The molecule has 0 fully saturated rings. The summed E-state index contributed by atoms with van der Waals surface area (Å²) in [6.07, 6.45) is 103. The first kappa shape index (κ1) is 70.7. The molecule has 0 saturated carbocycles. The van der Waals surface area contributed by atoms with E-state index in [1.54, 1.807) is 0 Å². The lowest BCUT2D eigenvalue weighted by molar-refractivity contribution is -0.161. The summed E-state index contributed by atoms with van der Waals surface area (Å²) in [4.78, 5) is 24.6. The highest BCUT2D eigenvalue weighted by atomic mass is 16.6. The lowest BCUT2D eigenvalue weighted by Crippen LogP contribution is -2.28. The average molecular weight is 1040 g/mol. The normalized spacial score (nSPS) is 13.7. The van der Waals surface area contributed by atoms with E-state index in [1.165, 1.54) is 32.1 Å². The summed E-state index contributed by atoms with van der Waals surface area (Å²) in [5.41, 5.74) is 0. The van der Waals surface area contributed by atoms with Crippen molar-refractivity contribution in [2.75, 3.05) is 13.2 Å². The molecule has 5 heteroatoms. The van der Waals surface area contributed by atoms with Crippen molar-refractivity contribution in [1.82, 2.24) is 0 Å². The van der Waals surface area contributed by atoms with Crippen molar-refractivity contribution in [3.8, 4) is 0 Å². The van der Waals surface area contributed by atoms with Gasteiger partial charge in [0.1, 0.15) is 6.61 Å². The largest absolute Gasteiger partial charge is 0.462 e. The SMILES string of the molecule is CC/C=C\C/C=C\C/C=C\C/C=C\C/C=C\C/C=C\C/C=C\C/C=C\C/C=C\C/C=C\CCCCCCC(=O)OC(CO)COC(=O)CCCCCCCCCC/C=C\C/C=C\C/C=C\C/C=C\C/C=C\C/C=C\CC. The van der Waals surface area contributed by atoms with Gasteiger partial charge < -0.3 is 14.6 Å². The molecule has 0 rings (SSSR count). The van der Waals surface area contributed by atoms with Gasteiger partial charge in [0.15, 0.2) is 6.10 Å². The lowest BCUT2D eigenvalue weighted by atomic mass is 10.1. The minimum absolute atomic E-state index is 0.0949. The van der Waals surface area contributed by atoms with E-state index in [2.05, 4.69) is 208 Å². The number of aliphatic hydroxyl groups excluding tert-OH is 1. The minimum Gasteiger partial charge on any atom is -0.462 e. The van der Waals surface area contributed by atoms with Crippen molar-refractivity contribution >= 4 is 11.9 Å². The number of aliphatic hydroxyl groups is 1. The fourth-order valence-corrected chi connectivity index (χ4v) is 7.47. The smallest absolute Gasteiger partial charge is 0.306 e. The van der Waals surface area contributed by atoms with Crippen LogP contribution in [0.3, 0.4) is 0 Å². The number of allylic oxidation sites excluding steroid dienone is 32. The Morgan fingerprint density at radius 2 is 0.526 bits per heavy atom. The zero-order valence-corrected chi connectivity index (χ0v) is 48.2. The Labute approximate surface area is 467 Å². The van der Waals surface area contributed by atoms with Crippen LogP contribution in [0.25, 0.3) is 0 Å². The highest BCUT2D eigenvalue weighted by Crippen LogP contribution is 2.13. The molecule has 0 aromatic rings. The third kappa shape index (κ3) is 61.3. The van der Waals surface area contributed by atoms with Crippen molar-refractivity contribution in [3.63, 3.8) is 0 Å². The summed E-state index contributed by atoms with van der Waals surface area (Å²) in [5, 5.41) is 9.67. The van der Waals surface area contributed by atoms with Crippen LogP contribution >= 0.6 is 0 Å². The maximum Gasteiger partial charge on any atom is 0.306 e.